The van der Waals surface area contributed by atoms with E-state index in [-0.39, 0.29) is 11.8 Å². The van der Waals surface area contributed by atoms with Crippen LogP contribution < -0.4 is 10.2 Å². The number of nitrogens with one attached hydrogen (secondary N) is 1. The minimum absolute atomic E-state index is 0.0418. The molecule has 24 heavy (non-hydrogen) atoms. The first-order valence-electron chi connectivity index (χ1n) is 7.90. The van der Waals surface area contributed by atoms with E-state index in [2.05, 4.69) is 20.5 Å². The van der Waals surface area contributed by atoms with Crippen LogP contribution in [0.15, 0.2) is 24.5 Å². The van der Waals surface area contributed by atoms with E-state index in [1.807, 2.05) is 44.4 Å². The van der Waals surface area contributed by atoms with Crippen LogP contribution in [0.5, 0.6) is 0 Å². The average Bonchev–Trinajstić information content (AvgIpc) is 3.21. The predicted octanol–water partition coefficient (Wildman–Crippen LogP) is 1.54. The Bertz CT molecular complexity index is 920. The summed E-state index contributed by atoms with van der Waals surface area (Å²) in [5.74, 6) is 0.727. The smallest absolute Gasteiger partial charge is 0.228 e. The van der Waals surface area contributed by atoms with Gasteiger partial charge in [0, 0.05) is 27.1 Å². The molecule has 4 rings (SSSR count). The summed E-state index contributed by atoms with van der Waals surface area (Å²) in [4.78, 5) is 18.3. The molecule has 1 fully saturated rings. The Morgan fingerprint density at radius 3 is 2.83 bits per heavy atom. The second-order valence-electron chi connectivity index (χ2n) is 6.31. The Balaban J connectivity index is 1.70. The Morgan fingerprint density at radius 1 is 1.33 bits per heavy atom. The monoisotopic (exact) mass is 325 g/mol. The van der Waals surface area contributed by atoms with Crippen molar-refractivity contribution in [3.63, 3.8) is 0 Å². The van der Waals surface area contributed by atoms with Crippen molar-refractivity contribution in [2.45, 2.75) is 12.8 Å². The lowest BCUT2D eigenvalue weighted by Gasteiger charge is -2.13. The lowest BCUT2D eigenvalue weighted by atomic mass is 10.2. The lowest BCUT2D eigenvalue weighted by molar-refractivity contribution is -0.117. The number of anilines is 2. The molecule has 0 atom stereocenters. The highest BCUT2D eigenvalue weighted by molar-refractivity contribution is 5.93. The number of fused-ring (bicyclic) bond motifs is 1. The maximum absolute atomic E-state index is 11.9. The summed E-state index contributed by atoms with van der Waals surface area (Å²) in [7, 11) is 5.84. The quantitative estimate of drug-likeness (QED) is 0.787. The first-order chi connectivity index (χ1) is 11.5. The summed E-state index contributed by atoms with van der Waals surface area (Å²) in [5, 5.41) is 11.8. The van der Waals surface area contributed by atoms with Gasteiger partial charge < -0.3 is 10.2 Å². The lowest BCUT2D eigenvalue weighted by Crippen LogP contribution is -2.13. The zero-order valence-corrected chi connectivity index (χ0v) is 13.9. The highest BCUT2D eigenvalue weighted by atomic mass is 16.2. The van der Waals surface area contributed by atoms with Gasteiger partial charge >= 0.3 is 0 Å². The number of carbonyl (C=O) groups is 1. The van der Waals surface area contributed by atoms with Crippen LogP contribution in [0.4, 0.5) is 11.5 Å². The maximum Gasteiger partial charge on any atom is 0.228 e. The molecule has 0 aromatic carbocycles. The molecule has 0 radical (unpaired) electrons. The van der Waals surface area contributed by atoms with E-state index in [0.717, 1.165) is 29.9 Å². The molecule has 0 unspecified atom stereocenters. The normalized spacial score (nSPS) is 14.1. The van der Waals surface area contributed by atoms with Gasteiger partial charge in [-0.15, -0.1) is 0 Å². The van der Waals surface area contributed by atoms with Crippen molar-refractivity contribution in [3.05, 3.63) is 24.5 Å². The third-order valence-electron chi connectivity index (χ3n) is 4.16. The number of aromatic nitrogens is 5. The van der Waals surface area contributed by atoms with Crippen molar-refractivity contribution in [1.82, 2.24) is 24.4 Å². The third-order valence-corrected chi connectivity index (χ3v) is 4.16. The van der Waals surface area contributed by atoms with Crippen LogP contribution >= 0.6 is 0 Å². The van der Waals surface area contributed by atoms with Crippen molar-refractivity contribution in [2.24, 2.45) is 13.0 Å². The standard InChI is InChI=1S/C16H19N7O/c1-21(2)12-8-17-22(3)15(12)11-6-7-14-18-13(9-23(14)20-11)19-16(24)10-4-5-10/h6-10H,4-5H2,1-3H3,(H,19,24). The molecule has 1 N–H and O–H groups in total. The highest BCUT2D eigenvalue weighted by Gasteiger charge is 2.30. The topological polar surface area (TPSA) is 80.4 Å². The molecule has 8 nitrogen and oxygen atoms in total. The summed E-state index contributed by atoms with van der Waals surface area (Å²) in [6.07, 6.45) is 5.49. The van der Waals surface area contributed by atoms with Crippen LogP contribution in [0.1, 0.15) is 12.8 Å². The van der Waals surface area contributed by atoms with Crippen LogP contribution in [0.2, 0.25) is 0 Å². The first-order valence-corrected chi connectivity index (χ1v) is 7.90. The van der Waals surface area contributed by atoms with Crippen LogP contribution in [0, 0.1) is 5.92 Å². The molecule has 8 heteroatoms. The molecule has 0 saturated heterocycles. The van der Waals surface area contributed by atoms with Gasteiger partial charge in [-0.1, -0.05) is 0 Å². The van der Waals surface area contributed by atoms with Crippen LogP contribution in [0.25, 0.3) is 17.0 Å². The van der Waals surface area contributed by atoms with E-state index >= 15 is 0 Å². The van der Waals surface area contributed by atoms with Crippen molar-refractivity contribution in [2.75, 3.05) is 24.3 Å². The summed E-state index contributed by atoms with van der Waals surface area (Å²) in [6, 6.07) is 3.81. The van der Waals surface area contributed by atoms with Crippen molar-refractivity contribution < 1.29 is 4.79 Å². The summed E-state index contributed by atoms with van der Waals surface area (Å²) < 4.78 is 3.49. The van der Waals surface area contributed by atoms with Gasteiger partial charge in [-0.25, -0.2) is 9.50 Å². The number of imidazole rings is 1. The summed E-state index contributed by atoms with van der Waals surface area (Å²) in [6.45, 7) is 0. The Labute approximate surface area is 139 Å². The second kappa shape index (κ2) is 5.33. The van der Waals surface area contributed by atoms with Gasteiger partial charge in [0.05, 0.1) is 18.1 Å². The van der Waals surface area contributed by atoms with Crippen molar-refractivity contribution in [1.29, 1.82) is 0 Å². The Hall–Kier alpha value is -2.90. The number of rotatable bonds is 4. The molecule has 124 valence electrons. The molecule has 0 bridgehead atoms. The number of hydrogen-bond acceptors (Lipinski definition) is 5. The Kier molecular flexibility index (Phi) is 3.26. The van der Waals surface area contributed by atoms with Crippen LogP contribution in [-0.4, -0.2) is 44.4 Å². The number of amides is 1. The molecule has 1 aliphatic carbocycles. The van der Waals surface area contributed by atoms with Crippen molar-refractivity contribution >= 4 is 23.1 Å². The fourth-order valence-corrected chi connectivity index (χ4v) is 2.69. The molecule has 3 heterocycles. The van der Waals surface area contributed by atoms with E-state index in [0.29, 0.717) is 11.5 Å². The number of nitrogens with zero attached hydrogens (tertiary/aromatic N) is 6. The molecule has 3 aromatic heterocycles. The minimum atomic E-state index is 0.0418. The van der Waals surface area contributed by atoms with E-state index < -0.39 is 0 Å². The van der Waals surface area contributed by atoms with Gasteiger partial charge in [0.15, 0.2) is 11.5 Å². The number of carbonyl (C=O) groups excluding carboxylic acids is 1. The molecular formula is C16H19N7O. The van der Waals surface area contributed by atoms with E-state index in [1.54, 1.807) is 15.4 Å². The zero-order valence-electron chi connectivity index (χ0n) is 13.9. The van der Waals surface area contributed by atoms with Gasteiger partial charge in [0.1, 0.15) is 11.4 Å². The van der Waals surface area contributed by atoms with Crippen LogP contribution in [0.3, 0.4) is 0 Å². The van der Waals surface area contributed by atoms with Gasteiger partial charge in [-0.3, -0.25) is 9.48 Å². The highest BCUT2D eigenvalue weighted by Crippen LogP contribution is 2.30. The first kappa shape index (κ1) is 14.7. The minimum Gasteiger partial charge on any atom is -0.375 e. The van der Waals surface area contributed by atoms with Gasteiger partial charge in [-0.05, 0) is 25.0 Å². The summed E-state index contributed by atoms with van der Waals surface area (Å²) in [5.41, 5.74) is 3.41. The Morgan fingerprint density at radius 2 is 2.12 bits per heavy atom. The fourth-order valence-electron chi connectivity index (χ4n) is 2.69. The molecule has 0 spiro atoms. The number of aryl methyl sites for hydroxylation is 1. The van der Waals surface area contributed by atoms with Crippen LogP contribution in [-0.2, 0) is 11.8 Å². The number of hydrogen-bond donors (Lipinski definition) is 1. The average molecular weight is 325 g/mol. The molecule has 1 amide bonds. The van der Waals surface area contributed by atoms with E-state index in [9.17, 15) is 4.79 Å². The maximum atomic E-state index is 11.9. The third kappa shape index (κ3) is 2.49. The predicted molar refractivity (Wildman–Crippen MR) is 90.9 cm³/mol. The molecule has 3 aromatic rings. The zero-order chi connectivity index (χ0) is 16.8. The van der Waals surface area contributed by atoms with Gasteiger partial charge in [0.25, 0.3) is 0 Å². The second-order valence-corrected chi connectivity index (χ2v) is 6.31. The molecule has 1 aliphatic rings. The SMILES string of the molecule is CN(C)c1cnn(C)c1-c1ccc2nc(NC(=O)C3CC3)cn2n1. The van der Waals surface area contributed by atoms with E-state index in [4.69, 9.17) is 0 Å². The molecular weight excluding hydrogens is 306 g/mol. The van der Waals surface area contributed by atoms with Gasteiger partial charge in [-0.2, -0.15) is 10.2 Å². The van der Waals surface area contributed by atoms with E-state index in [1.165, 1.54) is 0 Å². The fraction of sp³-hybridized carbons (Fsp3) is 0.375. The summed E-state index contributed by atoms with van der Waals surface area (Å²) >= 11 is 0. The van der Waals surface area contributed by atoms with Crippen molar-refractivity contribution in [3.8, 4) is 11.4 Å². The van der Waals surface area contributed by atoms with Gasteiger partial charge in [0.2, 0.25) is 5.91 Å². The molecule has 1 saturated carbocycles. The largest absolute Gasteiger partial charge is 0.375 e. The molecule has 0 aliphatic heterocycles.